The Balaban J connectivity index is 0.730. The Morgan fingerprint density at radius 2 is 1.67 bits per heavy atom. The predicted molar refractivity (Wildman–Crippen MR) is 205 cm³/mol. The van der Waals surface area contributed by atoms with Gasteiger partial charge in [0.1, 0.15) is 34.6 Å². The van der Waals surface area contributed by atoms with Crippen molar-refractivity contribution >= 4 is 40.2 Å². The Bertz CT molecular complexity index is 1830. The van der Waals surface area contributed by atoms with Crippen molar-refractivity contribution in [1.29, 1.82) is 0 Å². The molecule has 2 amide bonds. The highest BCUT2D eigenvalue weighted by Crippen LogP contribution is 2.40. The molecular formula is C40H51FN6O6S. The molecule has 290 valence electrons. The normalized spacial score (nSPS) is 25.9. The molecule has 0 spiro atoms. The molecule has 2 unspecified atom stereocenters. The summed E-state index contributed by atoms with van der Waals surface area (Å²) in [6.07, 6.45) is 7.29. The number of carbonyl (C=O) groups excluding carboxylic acids is 2. The number of aromatic nitrogens is 2. The van der Waals surface area contributed by atoms with Crippen molar-refractivity contribution in [3.8, 4) is 11.5 Å². The lowest BCUT2D eigenvalue weighted by Gasteiger charge is -2.33. The molecule has 3 aromatic rings. The molecule has 0 bridgehead atoms. The standard InChI is InChI=1S/C40H51FN6O6S/c41-33-19-30(20-35-38(33)40(50)44-36(43-35)24-54-32-9-15-51-16-10-32)52-23-25-7-11-46(12-8-25)13-14-47-21-26-17-31(18-27(26)22-47)53-29-3-1-28(2-4-29)42-34-5-6-37(48)45-39(34)49/h1-4,19-20,25-27,31-32,34,42H,5-18,21-24H2,(H,43,44,50)(H,45,48,49)/t26?,27?,31?,34-/m0/s1. The van der Waals surface area contributed by atoms with Gasteiger partial charge in [-0.3, -0.25) is 19.7 Å². The monoisotopic (exact) mass is 762 g/mol. The number of carbonyl (C=O) groups is 2. The SMILES string of the molecule is O=C1CC[C@H](Nc2ccc(OC3CC4CN(CCN5CCC(COc6cc(F)c7c(=O)[nH]c(CSC8CCOCC8)nc7c6)CC5)CC4C3)cc2)C(=O)N1. The van der Waals surface area contributed by atoms with Gasteiger partial charge in [0.15, 0.2) is 0 Å². The summed E-state index contributed by atoms with van der Waals surface area (Å²) in [4.78, 5) is 48.7. The van der Waals surface area contributed by atoms with Crippen molar-refractivity contribution in [2.45, 2.75) is 74.5 Å². The van der Waals surface area contributed by atoms with E-state index < -0.39 is 17.4 Å². The van der Waals surface area contributed by atoms with Gasteiger partial charge in [-0.05, 0) is 100 Å². The zero-order chi connectivity index (χ0) is 37.0. The number of likely N-dealkylation sites (tertiary alicyclic amines) is 2. The molecule has 5 fully saturated rings. The number of fused-ring (bicyclic) bond motifs is 2. The molecular weight excluding hydrogens is 712 g/mol. The van der Waals surface area contributed by atoms with Gasteiger partial charge in [0.25, 0.3) is 5.56 Å². The molecule has 1 aromatic heterocycles. The lowest BCUT2D eigenvalue weighted by atomic mass is 9.98. The smallest absolute Gasteiger partial charge is 0.261 e. The quantitative estimate of drug-likeness (QED) is 0.211. The van der Waals surface area contributed by atoms with Crippen molar-refractivity contribution in [2.24, 2.45) is 17.8 Å². The Morgan fingerprint density at radius 1 is 0.926 bits per heavy atom. The third-order valence-corrected chi connectivity index (χ3v) is 13.2. The molecule has 1 aliphatic carbocycles. The van der Waals surface area contributed by atoms with Crippen LogP contribution in [0.15, 0.2) is 41.2 Å². The van der Waals surface area contributed by atoms with Crippen LogP contribution in [-0.2, 0) is 20.1 Å². The summed E-state index contributed by atoms with van der Waals surface area (Å²) in [5.41, 5.74) is 0.734. The highest BCUT2D eigenvalue weighted by atomic mass is 32.2. The minimum Gasteiger partial charge on any atom is -0.493 e. The maximum atomic E-state index is 15.0. The van der Waals surface area contributed by atoms with Gasteiger partial charge in [0.05, 0.1) is 24.0 Å². The fourth-order valence-corrected chi connectivity index (χ4v) is 9.84. The van der Waals surface area contributed by atoms with Crippen LogP contribution in [-0.4, -0.2) is 108 Å². The minimum absolute atomic E-state index is 0.0181. The zero-order valence-corrected chi connectivity index (χ0v) is 31.5. The van der Waals surface area contributed by atoms with Gasteiger partial charge in [-0.25, -0.2) is 9.37 Å². The topological polar surface area (TPSA) is 138 Å². The van der Waals surface area contributed by atoms with Crippen LogP contribution in [0.1, 0.15) is 57.2 Å². The first kappa shape index (κ1) is 37.2. The third kappa shape index (κ3) is 9.21. The number of anilines is 1. The summed E-state index contributed by atoms with van der Waals surface area (Å²) in [5, 5.41) is 6.06. The second kappa shape index (κ2) is 17.0. The van der Waals surface area contributed by atoms with E-state index in [2.05, 4.69) is 30.4 Å². The first-order valence-electron chi connectivity index (χ1n) is 19.7. The summed E-state index contributed by atoms with van der Waals surface area (Å²) in [6, 6.07) is 10.4. The van der Waals surface area contributed by atoms with E-state index in [1.54, 1.807) is 17.8 Å². The molecule has 14 heteroatoms. The number of hydrogen-bond donors (Lipinski definition) is 3. The second-order valence-corrected chi connectivity index (χ2v) is 17.0. The van der Waals surface area contributed by atoms with E-state index in [9.17, 15) is 14.4 Å². The maximum absolute atomic E-state index is 15.0. The average Bonchev–Trinajstić information content (AvgIpc) is 3.73. The third-order valence-electron chi connectivity index (χ3n) is 11.9. The Morgan fingerprint density at radius 3 is 2.41 bits per heavy atom. The largest absolute Gasteiger partial charge is 0.493 e. The number of benzene rings is 2. The van der Waals surface area contributed by atoms with Gasteiger partial charge in [-0.2, -0.15) is 11.8 Å². The molecule has 5 aliphatic rings. The zero-order valence-electron chi connectivity index (χ0n) is 30.7. The van der Waals surface area contributed by atoms with E-state index in [0.717, 1.165) is 102 Å². The van der Waals surface area contributed by atoms with Gasteiger partial charge >= 0.3 is 0 Å². The molecule has 8 rings (SSSR count). The van der Waals surface area contributed by atoms with Crippen LogP contribution in [0, 0.1) is 23.6 Å². The number of imide groups is 1. The Kier molecular flexibility index (Phi) is 11.7. The molecule has 0 radical (unpaired) electrons. The van der Waals surface area contributed by atoms with Crippen LogP contribution in [0.2, 0.25) is 0 Å². The fraction of sp³-hybridized carbons (Fsp3) is 0.600. The Hall–Kier alpha value is -3.72. The number of H-pyrrole nitrogens is 1. The lowest BCUT2D eigenvalue weighted by Crippen LogP contribution is -2.47. The Labute approximate surface area is 319 Å². The number of piperidine rings is 2. The molecule has 54 heavy (non-hydrogen) atoms. The van der Waals surface area contributed by atoms with Gasteiger partial charge in [0.2, 0.25) is 11.8 Å². The van der Waals surface area contributed by atoms with Crippen molar-refractivity contribution < 1.29 is 28.2 Å². The molecule has 4 saturated heterocycles. The van der Waals surface area contributed by atoms with Crippen LogP contribution >= 0.6 is 11.8 Å². The summed E-state index contributed by atoms with van der Waals surface area (Å²) in [7, 11) is 0. The van der Waals surface area contributed by atoms with Crippen molar-refractivity contribution in [2.75, 3.05) is 64.4 Å². The van der Waals surface area contributed by atoms with Gasteiger partial charge < -0.3 is 34.3 Å². The second-order valence-electron chi connectivity index (χ2n) is 15.7. The molecule has 2 aromatic carbocycles. The maximum Gasteiger partial charge on any atom is 0.261 e. The summed E-state index contributed by atoms with van der Waals surface area (Å²) in [6.45, 7) is 8.52. The number of rotatable bonds is 13. The van der Waals surface area contributed by atoms with Crippen LogP contribution in [0.25, 0.3) is 10.9 Å². The number of thioether (sulfide) groups is 1. The van der Waals surface area contributed by atoms with Crippen LogP contribution in [0.3, 0.4) is 0 Å². The van der Waals surface area contributed by atoms with E-state index >= 15 is 4.39 Å². The summed E-state index contributed by atoms with van der Waals surface area (Å²) < 4.78 is 32.9. The van der Waals surface area contributed by atoms with Gasteiger partial charge in [0, 0.05) is 68.9 Å². The number of amides is 2. The highest BCUT2D eigenvalue weighted by Gasteiger charge is 2.41. The van der Waals surface area contributed by atoms with E-state index in [1.807, 2.05) is 24.3 Å². The number of halogens is 1. The number of aromatic amines is 1. The van der Waals surface area contributed by atoms with E-state index in [-0.39, 0.29) is 23.3 Å². The molecule has 4 aliphatic heterocycles. The summed E-state index contributed by atoms with van der Waals surface area (Å²) in [5.74, 6) is 3.06. The number of ether oxygens (including phenoxy) is 3. The predicted octanol–water partition coefficient (Wildman–Crippen LogP) is 4.57. The molecule has 5 heterocycles. The van der Waals surface area contributed by atoms with Crippen LogP contribution in [0.4, 0.5) is 10.1 Å². The minimum atomic E-state index is -0.600. The van der Waals surface area contributed by atoms with Crippen molar-refractivity contribution in [1.82, 2.24) is 25.1 Å². The highest BCUT2D eigenvalue weighted by molar-refractivity contribution is 7.99. The molecule has 12 nitrogen and oxygen atoms in total. The lowest BCUT2D eigenvalue weighted by molar-refractivity contribution is -0.133. The van der Waals surface area contributed by atoms with Gasteiger partial charge in [-0.15, -0.1) is 0 Å². The number of hydrogen-bond acceptors (Lipinski definition) is 11. The van der Waals surface area contributed by atoms with E-state index in [1.165, 1.54) is 6.07 Å². The fourth-order valence-electron chi connectivity index (χ4n) is 8.79. The molecule has 1 saturated carbocycles. The molecule has 3 N–H and O–H groups in total. The van der Waals surface area contributed by atoms with Crippen LogP contribution < -0.4 is 25.7 Å². The van der Waals surface area contributed by atoms with Crippen LogP contribution in [0.5, 0.6) is 11.5 Å². The van der Waals surface area contributed by atoms with E-state index in [0.29, 0.717) is 65.3 Å². The first-order valence-corrected chi connectivity index (χ1v) is 20.7. The number of nitrogens with one attached hydrogen (secondary N) is 3. The van der Waals surface area contributed by atoms with Gasteiger partial charge in [-0.1, -0.05) is 0 Å². The summed E-state index contributed by atoms with van der Waals surface area (Å²) >= 11 is 1.76. The van der Waals surface area contributed by atoms with Crippen molar-refractivity contribution in [3.63, 3.8) is 0 Å². The van der Waals surface area contributed by atoms with E-state index in [4.69, 9.17) is 14.2 Å². The number of nitrogens with zero attached hydrogens (tertiary/aromatic N) is 3. The first-order chi connectivity index (χ1) is 26.3. The average molecular weight is 763 g/mol. The molecule has 3 atom stereocenters. The van der Waals surface area contributed by atoms with Crippen molar-refractivity contribution in [3.05, 3.63) is 58.4 Å².